The van der Waals surface area contributed by atoms with E-state index >= 15 is 0 Å². The van der Waals surface area contributed by atoms with Crippen LogP contribution in [0.4, 0.5) is 0 Å². The van der Waals surface area contributed by atoms with Crippen molar-refractivity contribution in [3.63, 3.8) is 0 Å². The lowest BCUT2D eigenvalue weighted by atomic mass is 10.0. The third-order valence-electron chi connectivity index (χ3n) is 4.97. The van der Waals surface area contributed by atoms with Gasteiger partial charge in [-0.25, -0.2) is 4.98 Å². The molecular formula is C22H26N4O2. The normalized spacial score (nSPS) is 20.4. The van der Waals surface area contributed by atoms with Crippen molar-refractivity contribution < 1.29 is 9.47 Å². The second kappa shape index (κ2) is 8.65. The minimum Gasteiger partial charge on any atom is -0.349 e. The van der Waals surface area contributed by atoms with Crippen LogP contribution in [0.2, 0.25) is 0 Å². The van der Waals surface area contributed by atoms with Gasteiger partial charge in [-0.3, -0.25) is 10.00 Å². The summed E-state index contributed by atoms with van der Waals surface area (Å²) in [5.41, 5.74) is 4.83. The van der Waals surface area contributed by atoms with Crippen LogP contribution in [0.5, 0.6) is 0 Å². The molecule has 6 heteroatoms. The third kappa shape index (κ3) is 4.47. The standard InChI is InChI=1S/C22H26N4O2/c1-16-10-17(2)12-18(11-16)14-28-22-21(19-6-4-3-5-7-19)26(8-9-27-22)13-20-23-15-24-25-20/h3-7,10-12,15,21-22H,8-9,13-14H2,1-2H3,(H,23,24,25). The Bertz CT molecular complexity index is 863. The molecular weight excluding hydrogens is 352 g/mol. The predicted molar refractivity (Wildman–Crippen MR) is 106 cm³/mol. The molecule has 0 amide bonds. The molecule has 1 aromatic heterocycles. The highest BCUT2D eigenvalue weighted by molar-refractivity contribution is 5.28. The molecule has 2 unspecified atom stereocenters. The van der Waals surface area contributed by atoms with E-state index in [0.29, 0.717) is 19.8 Å². The molecule has 28 heavy (non-hydrogen) atoms. The van der Waals surface area contributed by atoms with Gasteiger partial charge in [-0.05, 0) is 25.0 Å². The predicted octanol–water partition coefficient (Wildman–Crippen LogP) is 3.54. The smallest absolute Gasteiger partial charge is 0.177 e. The van der Waals surface area contributed by atoms with Gasteiger partial charge < -0.3 is 9.47 Å². The number of benzene rings is 2. The minimum absolute atomic E-state index is 0.00837. The molecule has 0 spiro atoms. The molecule has 4 rings (SSSR count). The number of nitrogens with zero attached hydrogens (tertiary/aromatic N) is 3. The SMILES string of the molecule is Cc1cc(C)cc(COC2OCCN(Cc3ncn[nH]3)C2c2ccccc2)c1. The summed E-state index contributed by atoms with van der Waals surface area (Å²) in [6.45, 7) is 6.84. The Hall–Kier alpha value is -2.54. The van der Waals surface area contributed by atoms with Gasteiger partial charge in [0.1, 0.15) is 12.2 Å². The molecule has 0 bridgehead atoms. The monoisotopic (exact) mass is 378 g/mol. The second-order valence-electron chi connectivity index (χ2n) is 7.30. The molecule has 1 aliphatic heterocycles. The van der Waals surface area contributed by atoms with Crippen molar-refractivity contribution in [3.05, 3.63) is 82.9 Å². The van der Waals surface area contributed by atoms with E-state index in [0.717, 1.165) is 12.4 Å². The van der Waals surface area contributed by atoms with Gasteiger partial charge >= 0.3 is 0 Å². The Balaban J connectivity index is 1.55. The molecule has 3 aromatic rings. The van der Waals surface area contributed by atoms with Gasteiger partial charge in [0.2, 0.25) is 0 Å². The van der Waals surface area contributed by atoms with Crippen molar-refractivity contribution in [1.82, 2.24) is 20.1 Å². The summed E-state index contributed by atoms with van der Waals surface area (Å²) in [6, 6.07) is 16.9. The summed E-state index contributed by atoms with van der Waals surface area (Å²) in [5.74, 6) is 0.843. The van der Waals surface area contributed by atoms with E-state index in [-0.39, 0.29) is 12.3 Å². The first kappa shape index (κ1) is 18.8. The average molecular weight is 378 g/mol. The second-order valence-corrected chi connectivity index (χ2v) is 7.30. The van der Waals surface area contributed by atoms with Crippen molar-refractivity contribution in [2.24, 2.45) is 0 Å². The van der Waals surface area contributed by atoms with Gasteiger partial charge in [-0.1, -0.05) is 59.7 Å². The van der Waals surface area contributed by atoms with Crippen molar-refractivity contribution in [3.8, 4) is 0 Å². The number of rotatable bonds is 6. The maximum Gasteiger partial charge on any atom is 0.177 e. The number of nitrogens with one attached hydrogen (secondary N) is 1. The topological polar surface area (TPSA) is 63.3 Å². The van der Waals surface area contributed by atoms with E-state index in [1.165, 1.54) is 22.3 Å². The van der Waals surface area contributed by atoms with E-state index in [9.17, 15) is 0 Å². The number of H-pyrrole nitrogens is 1. The molecule has 1 fully saturated rings. The van der Waals surface area contributed by atoms with E-state index in [1.54, 1.807) is 6.33 Å². The Morgan fingerprint density at radius 1 is 1.14 bits per heavy atom. The van der Waals surface area contributed by atoms with Crippen LogP contribution in [0, 0.1) is 13.8 Å². The van der Waals surface area contributed by atoms with Crippen LogP contribution in [0.1, 0.15) is 34.1 Å². The number of ether oxygens (including phenoxy) is 2. The highest BCUT2D eigenvalue weighted by Crippen LogP contribution is 2.31. The van der Waals surface area contributed by atoms with Gasteiger partial charge in [-0.2, -0.15) is 5.10 Å². The molecule has 1 saturated heterocycles. The van der Waals surface area contributed by atoms with Crippen LogP contribution in [0.3, 0.4) is 0 Å². The lowest BCUT2D eigenvalue weighted by Crippen LogP contribution is -2.46. The molecule has 2 atom stereocenters. The summed E-state index contributed by atoms with van der Waals surface area (Å²) in [4.78, 5) is 6.63. The first-order chi connectivity index (χ1) is 13.7. The zero-order valence-electron chi connectivity index (χ0n) is 16.3. The third-order valence-corrected chi connectivity index (χ3v) is 4.97. The van der Waals surface area contributed by atoms with Gasteiger partial charge in [0.05, 0.1) is 25.8 Å². The Morgan fingerprint density at radius 2 is 1.93 bits per heavy atom. The Morgan fingerprint density at radius 3 is 2.64 bits per heavy atom. The van der Waals surface area contributed by atoms with E-state index in [1.807, 2.05) is 6.07 Å². The number of morpholine rings is 1. The van der Waals surface area contributed by atoms with E-state index in [2.05, 4.69) is 76.4 Å². The lowest BCUT2D eigenvalue weighted by Gasteiger charge is -2.40. The fourth-order valence-electron chi connectivity index (χ4n) is 3.85. The summed E-state index contributed by atoms with van der Waals surface area (Å²) >= 11 is 0. The maximum absolute atomic E-state index is 6.29. The molecule has 0 radical (unpaired) electrons. The van der Waals surface area contributed by atoms with Gasteiger partial charge in [-0.15, -0.1) is 0 Å². The summed E-state index contributed by atoms with van der Waals surface area (Å²) in [6.07, 6.45) is 1.20. The Kier molecular flexibility index (Phi) is 5.81. The van der Waals surface area contributed by atoms with E-state index in [4.69, 9.17) is 9.47 Å². The highest BCUT2D eigenvalue weighted by Gasteiger charge is 2.34. The number of hydrogen-bond acceptors (Lipinski definition) is 5. The molecule has 2 aromatic carbocycles. The van der Waals surface area contributed by atoms with Gasteiger partial charge in [0.15, 0.2) is 6.29 Å². The zero-order chi connectivity index (χ0) is 19.3. The van der Waals surface area contributed by atoms with Crippen LogP contribution in [0.15, 0.2) is 54.9 Å². The van der Waals surface area contributed by atoms with Crippen molar-refractivity contribution in [1.29, 1.82) is 0 Å². The number of hydrogen-bond donors (Lipinski definition) is 1. The molecule has 1 aliphatic rings. The van der Waals surface area contributed by atoms with Crippen LogP contribution in [0.25, 0.3) is 0 Å². The molecule has 0 aliphatic carbocycles. The van der Waals surface area contributed by atoms with Crippen molar-refractivity contribution in [2.45, 2.75) is 39.3 Å². The highest BCUT2D eigenvalue weighted by atomic mass is 16.7. The van der Waals surface area contributed by atoms with Crippen LogP contribution < -0.4 is 0 Å². The quantitative estimate of drug-likeness (QED) is 0.711. The van der Waals surface area contributed by atoms with E-state index < -0.39 is 0 Å². The first-order valence-electron chi connectivity index (χ1n) is 9.62. The van der Waals surface area contributed by atoms with Gasteiger partial charge in [0, 0.05) is 6.54 Å². The Labute approximate surface area is 165 Å². The maximum atomic E-state index is 6.29. The summed E-state index contributed by atoms with van der Waals surface area (Å²) < 4.78 is 12.4. The minimum atomic E-state index is -0.347. The summed E-state index contributed by atoms with van der Waals surface area (Å²) in [5, 5.41) is 6.93. The summed E-state index contributed by atoms with van der Waals surface area (Å²) in [7, 11) is 0. The molecule has 2 heterocycles. The zero-order valence-corrected chi connectivity index (χ0v) is 16.3. The van der Waals surface area contributed by atoms with Crippen molar-refractivity contribution in [2.75, 3.05) is 13.2 Å². The van der Waals surface area contributed by atoms with Crippen LogP contribution in [-0.4, -0.2) is 39.5 Å². The fourth-order valence-corrected chi connectivity index (χ4v) is 3.85. The molecule has 0 saturated carbocycles. The van der Waals surface area contributed by atoms with Crippen LogP contribution >= 0.6 is 0 Å². The largest absolute Gasteiger partial charge is 0.349 e. The van der Waals surface area contributed by atoms with Crippen LogP contribution in [-0.2, 0) is 22.6 Å². The first-order valence-corrected chi connectivity index (χ1v) is 9.62. The number of aromatic nitrogens is 3. The molecule has 146 valence electrons. The molecule has 1 N–H and O–H groups in total. The van der Waals surface area contributed by atoms with Crippen molar-refractivity contribution >= 4 is 0 Å². The lowest BCUT2D eigenvalue weighted by molar-refractivity contribution is -0.218. The number of aryl methyl sites for hydroxylation is 2. The number of aromatic amines is 1. The fraction of sp³-hybridized carbons (Fsp3) is 0.364. The van der Waals surface area contributed by atoms with Gasteiger partial charge in [0.25, 0.3) is 0 Å². The average Bonchev–Trinajstić information content (AvgIpc) is 3.19. The molecule has 6 nitrogen and oxygen atoms in total.